The van der Waals surface area contributed by atoms with Crippen LogP contribution in [0, 0.1) is 6.92 Å². The fraction of sp³-hybridized carbons (Fsp3) is 0.0714. The lowest BCUT2D eigenvalue weighted by molar-refractivity contribution is -0.120. The average molecular weight is 597 g/mol. The van der Waals surface area contributed by atoms with Crippen molar-refractivity contribution in [2.24, 2.45) is 7.05 Å². The van der Waals surface area contributed by atoms with Gasteiger partial charge in [-0.1, -0.05) is 59.1 Å². The number of rotatable bonds is 6. The van der Waals surface area contributed by atoms with Crippen LogP contribution in [-0.4, -0.2) is 27.1 Å². The number of aromatic nitrogens is 2. The van der Waals surface area contributed by atoms with Crippen molar-refractivity contribution >= 4 is 69.6 Å². The largest absolute Gasteiger partial charge is 0.350 e. The van der Waals surface area contributed by atoms with Gasteiger partial charge in [-0.25, -0.2) is 9.58 Å². The number of amides is 3. The lowest BCUT2D eigenvalue weighted by Crippen LogP contribution is -2.32. The van der Waals surface area contributed by atoms with E-state index in [-0.39, 0.29) is 43.3 Å². The summed E-state index contributed by atoms with van der Waals surface area (Å²) in [7, 11) is 1.73. The maximum Gasteiger partial charge on any atom is 0.295 e. The maximum atomic E-state index is 13.1. The first-order valence-electron chi connectivity index (χ1n) is 11.8. The predicted molar refractivity (Wildman–Crippen MR) is 156 cm³/mol. The fourth-order valence-corrected chi connectivity index (χ4v) is 4.84. The van der Waals surface area contributed by atoms with E-state index in [2.05, 4.69) is 10.6 Å². The first-order chi connectivity index (χ1) is 19.1. The molecule has 0 unspecified atom stereocenters. The Balaban J connectivity index is 1.34. The van der Waals surface area contributed by atoms with Crippen molar-refractivity contribution in [3.8, 4) is 5.69 Å². The number of nitrogens with one attached hydrogen (secondary N) is 2. The Hall–Kier alpha value is -4.31. The summed E-state index contributed by atoms with van der Waals surface area (Å²) in [4.78, 5) is 52.8. The molecule has 0 bridgehead atoms. The zero-order chi connectivity index (χ0) is 28.7. The molecule has 9 nitrogen and oxygen atoms in total. The molecule has 5 rings (SSSR count). The summed E-state index contributed by atoms with van der Waals surface area (Å²) in [5.41, 5.74) is 1.65. The van der Waals surface area contributed by atoms with Crippen molar-refractivity contribution in [3.05, 3.63) is 115 Å². The molecule has 0 atom stereocenters. The SMILES string of the molecule is Cc1c(NC(=O)c2ccc(NC3=C(Cl)C(=O)N(c4cccc(Cl)c4Cl)C3=O)cc2)c(=O)n(-c2ccccc2)n1C. The van der Waals surface area contributed by atoms with Crippen molar-refractivity contribution in [1.82, 2.24) is 9.36 Å². The van der Waals surface area contributed by atoms with Gasteiger partial charge in [0.05, 0.1) is 27.1 Å². The third kappa shape index (κ3) is 4.68. The second-order valence-electron chi connectivity index (χ2n) is 8.80. The van der Waals surface area contributed by atoms with Crippen LogP contribution >= 0.6 is 34.8 Å². The van der Waals surface area contributed by atoms with Crippen molar-refractivity contribution < 1.29 is 14.4 Å². The van der Waals surface area contributed by atoms with Crippen LogP contribution in [0.3, 0.4) is 0 Å². The molecule has 2 N–H and O–H groups in total. The smallest absolute Gasteiger partial charge is 0.295 e. The van der Waals surface area contributed by atoms with Gasteiger partial charge in [-0.05, 0) is 55.5 Å². The molecule has 4 aromatic rings. The molecular weight excluding hydrogens is 577 g/mol. The van der Waals surface area contributed by atoms with E-state index in [1.54, 1.807) is 49.0 Å². The van der Waals surface area contributed by atoms with Gasteiger partial charge in [0.15, 0.2) is 0 Å². The Morgan fingerprint density at radius 2 is 1.50 bits per heavy atom. The van der Waals surface area contributed by atoms with Gasteiger partial charge < -0.3 is 10.6 Å². The molecular formula is C28H20Cl3N5O4. The van der Waals surface area contributed by atoms with Gasteiger partial charge in [0.2, 0.25) is 0 Å². The normalized spacial score (nSPS) is 13.3. The van der Waals surface area contributed by atoms with Crippen LogP contribution in [0.15, 0.2) is 88.3 Å². The second-order valence-corrected chi connectivity index (χ2v) is 9.96. The first-order valence-corrected chi connectivity index (χ1v) is 13.0. The minimum atomic E-state index is -0.756. The van der Waals surface area contributed by atoms with Gasteiger partial charge >= 0.3 is 0 Å². The van der Waals surface area contributed by atoms with Crippen molar-refractivity contribution in [2.45, 2.75) is 6.92 Å². The number of hydrogen-bond donors (Lipinski definition) is 2. The maximum absolute atomic E-state index is 13.1. The fourth-order valence-electron chi connectivity index (χ4n) is 4.24. The summed E-state index contributed by atoms with van der Waals surface area (Å²) in [6.07, 6.45) is 0. The minimum Gasteiger partial charge on any atom is -0.350 e. The Morgan fingerprint density at radius 1 is 0.825 bits per heavy atom. The van der Waals surface area contributed by atoms with Crippen LogP contribution in [0.1, 0.15) is 16.1 Å². The second kappa shape index (κ2) is 10.7. The molecule has 0 saturated heterocycles. The number of carbonyl (C=O) groups is 3. The molecule has 12 heteroatoms. The molecule has 3 amide bonds. The van der Waals surface area contributed by atoms with Crippen LogP contribution in [0.5, 0.6) is 0 Å². The highest BCUT2D eigenvalue weighted by atomic mass is 35.5. The number of anilines is 3. The number of carbonyl (C=O) groups excluding carboxylic acids is 3. The number of imide groups is 1. The predicted octanol–water partition coefficient (Wildman–Crippen LogP) is 5.48. The highest BCUT2D eigenvalue weighted by Gasteiger charge is 2.40. The third-order valence-electron chi connectivity index (χ3n) is 6.41. The molecule has 1 aliphatic heterocycles. The number of benzene rings is 3. The average Bonchev–Trinajstić information content (AvgIpc) is 3.29. The molecule has 0 radical (unpaired) electrons. The molecule has 0 aliphatic carbocycles. The van der Waals surface area contributed by atoms with Gasteiger partial charge in [-0.3, -0.25) is 23.9 Å². The first kappa shape index (κ1) is 27.3. The van der Waals surface area contributed by atoms with E-state index in [4.69, 9.17) is 34.8 Å². The van der Waals surface area contributed by atoms with Crippen LogP contribution in [-0.2, 0) is 16.6 Å². The highest BCUT2D eigenvalue weighted by molar-refractivity contribution is 6.54. The molecule has 3 aromatic carbocycles. The highest BCUT2D eigenvalue weighted by Crippen LogP contribution is 2.37. The molecule has 202 valence electrons. The van der Waals surface area contributed by atoms with Gasteiger partial charge in [-0.2, -0.15) is 0 Å². The van der Waals surface area contributed by atoms with Crippen LogP contribution < -0.4 is 21.1 Å². The third-order valence-corrected chi connectivity index (χ3v) is 7.57. The number of para-hydroxylation sites is 1. The molecule has 2 heterocycles. The number of nitrogens with zero attached hydrogens (tertiary/aromatic N) is 3. The lowest BCUT2D eigenvalue weighted by Gasteiger charge is -2.17. The standard InChI is InChI=1S/C28H20Cl3N5O4/c1-15-23(28(40)36(34(15)2)18-7-4-3-5-8-18)33-25(37)16-11-13-17(14-12-16)32-24-22(31)26(38)35(27(24)39)20-10-6-9-19(29)21(20)30/h3-14,32H,1-2H3,(H,33,37). The summed E-state index contributed by atoms with van der Waals surface area (Å²) in [6, 6.07) is 19.7. The van der Waals surface area contributed by atoms with Crippen LogP contribution in [0.4, 0.5) is 17.1 Å². The monoisotopic (exact) mass is 595 g/mol. The Kier molecular flexibility index (Phi) is 7.29. The molecule has 1 aromatic heterocycles. The van der Waals surface area contributed by atoms with Gasteiger partial charge in [0.25, 0.3) is 23.3 Å². The summed E-state index contributed by atoms with van der Waals surface area (Å²) in [5, 5.41) is 5.43. The summed E-state index contributed by atoms with van der Waals surface area (Å²) < 4.78 is 3.13. The van der Waals surface area contributed by atoms with E-state index in [9.17, 15) is 19.2 Å². The quantitative estimate of drug-likeness (QED) is 0.287. The summed E-state index contributed by atoms with van der Waals surface area (Å²) in [6.45, 7) is 1.74. The molecule has 1 aliphatic rings. The van der Waals surface area contributed by atoms with E-state index >= 15 is 0 Å². The summed E-state index contributed by atoms with van der Waals surface area (Å²) >= 11 is 18.4. The van der Waals surface area contributed by atoms with E-state index in [0.29, 0.717) is 17.1 Å². The van der Waals surface area contributed by atoms with E-state index in [1.165, 1.54) is 28.9 Å². The Bertz CT molecular complexity index is 1780. The van der Waals surface area contributed by atoms with Crippen molar-refractivity contribution in [2.75, 3.05) is 15.5 Å². The van der Waals surface area contributed by atoms with E-state index in [0.717, 1.165) is 4.90 Å². The topological polar surface area (TPSA) is 105 Å². The lowest BCUT2D eigenvalue weighted by atomic mass is 10.2. The Labute approximate surface area is 243 Å². The van der Waals surface area contributed by atoms with Crippen LogP contribution in [0.2, 0.25) is 10.0 Å². The van der Waals surface area contributed by atoms with Gasteiger partial charge in [0, 0.05) is 18.3 Å². The summed E-state index contributed by atoms with van der Waals surface area (Å²) in [5.74, 6) is -1.97. The molecule has 40 heavy (non-hydrogen) atoms. The number of halogens is 3. The zero-order valence-electron chi connectivity index (χ0n) is 21.0. The van der Waals surface area contributed by atoms with Crippen molar-refractivity contribution in [3.63, 3.8) is 0 Å². The molecule has 0 fully saturated rings. The van der Waals surface area contributed by atoms with Crippen molar-refractivity contribution in [1.29, 1.82) is 0 Å². The van der Waals surface area contributed by atoms with Gasteiger partial charge in [-0.15, -0.1) is 0 Å². The zero-order valence-corrected chi connectivity index (χ0v) is 23.3. The van der Waals surface area contributed by atoms with E-state index < -0.39 is 17.7 Å². The minimum absolute atomic E-state index is 0.0381. The van der Waals surface area contributed by atoms with Crippen LogP contribution in [0.25, 0.3) is 5.69 Å². The molecule has 0 saturated carbocycles. The Morgan fingerprint density at radius 3 is 2.17 bits per heavy atom. The van der Waals surface area contributed by atoms with E-state index in [1.807, 2.05) is 18.2 Å². The molecule has 0 spiro atoms. The number of hydrogen-bond acceptors (Lipinski definition) is 5. The van der Waals surface area contributed by atoms with Gasteiger partial charge in [0.1, 0.15) is 16.4 Å².